The zero-order valence-corrected chi connectivity index (χ0v) is 15.6. The Morgan fingerprint density at radius 3 is 2.76 bits per heavy atom. The number of rotatable bonds is 3. The Balaban J connectivity index is 0.00000161. The predicted octanol–water partition coefficient (Wildman–Crippen LogP) is 1.64. The molecule has 6 nitrogen and oxygen atoms in total. The fourth-order valence-corrected chi connectivity index (χ4v) is 2.15. The molecule has 3 aromatic rings. The molecule has 2 heterocycles. The van der Waals surface area contributed by atoms with Crippen LogP contribution >= 0.6 is 11.6 Å². The minimum Gasteiger partial charge on any atom is -0.902 e. The Hall–Kier alpha value is -1.26. The number of aliphatic hydroxyl groups excluding tert-OH is 1. The maximum atomic E-state index is 9.88. The normalized spacial score (nSPS) is 11.1. The van der Waals surface area contributed by atoms with E-state index in [-0.39, 0.29) is 54.4 Å². The maximum absolute atomic E-state index is 9.88. The summed E-state index contributed by atoms with van der Waals surface area (Å²) in [5.74, 6) is 0.133. The molecule has 0 spiro atoms. The largest absolute Gasteiger partial charge is 2.00 e. The van der Waals surface area contributed by atoms with E-state index in [0.717, 1.165) is 10.8 Å². The van der Waals surface area contributed by atoms with Gasteiger partial charge in [-0.05, 0) is 6.61 Å². The topological polar surface area (TPSA) is 85.6 Å². The van der Waals surface area contributed by atoms with Gasteiger partial charge in [0.05, 0.1) is 5.82 Å². The second-order valence-corrected chi connectivity index (χ2v) is 4.35. The van der Waals surface area contributed by atoms with Crippen molar-refractivity contribution < 1.29 is 36.2 Å². The van der Waals surface area contributed by atoms with Crippen molar-refractivity contribution in [2.75, 3.05) is 6.61 Å². The van der Waals surface area contributed by atoms with Gasteiger partial charge in [0.25, 0.3) is 0 Å². The van der Waals surface area contributed by atoms with E-state index >= 15 is 0 Å². The maximum Gasteiger partial charge on any atom is 2.00 e. The average molecular weight is 524 g/mol. The van der Waals surface area contributed by atoms with Gasteiger partial charge in [-0.15, -0.1) is 5.10 Å². The van der Waals surface area contributed by atoms with Crippen LogP contribution in [0.4, 0.5) is 0 Å². The first-order chi connectivity index (χ1) is 9.72. The Bertz CT molecular complexity index is 845. The van der Waals surface area contributed by atoms with Crippen LogP contribution in [-0.4, -0.2) is 37.2 Å². The second-order valence-electron chi connectivity index (χ2n) is 3.99. The van der Waals surface area contributed by atoms with Crippen molar-refractivity contribution in [2.45, 2.75) is 0 Å². The van der Waals surface area contributed by atoms with Gasteiger partial charge >= 0.3 is 31.1 Å². The molecule has 0 radical (unpaired) electrons. The van der Waals surface area contributed by atoms with E-state index in [4.69, 9.17) is 16.7 Å². The molecule has 0 aliphatic heterocycles. The fourth-order valence-electron chi connectivity index (χ4n) is 1.91. The van der Waals surface area contributed by atoms with Gasteiger partial charge < -0.3 is 10.5 Å². The number of aliphatic hydroxyl groups is 1. The summed E-state index contributed by atoms with van der Waals surface area (Å²) in [5, 5.41) is 32.5. The van der Waals surface area contributed by atoms with Crippen molar-refractivity contribution in [3.8, 4) is 0 Å². The van der Waals surface area contributed by atoms with Crippen LogP contribution in [0, 0.1) is 37.2 Å². The van der Waals surface area contributed by atoms with Crippen molar-refractivity contribution in [3.05, 3.63) is 52.8 Å². The van der Waals surface area contributed by atoms with Crippen LogP contribution in [0.2, 0.25) is 5.15 Å². The molecule has 0 amide bonds. The standard InChI is InChI=1S/C13H8ClN5O.U/c14-11-8-4-1-2-5-9(8)12-16-17-13(19(12)18-11)10(15)6-3-7-20;/h1-2,4-6,20H,7H2;/q-2;+2. The third-order valence-electron chi connectivity index (χ3n) is 2.78. The summed E-state index contributed by atoms with van der Waals surface area (Å²) < 4.78 is 1.36. The van der Waals surface area contributed by atoms with Gasteiger partial charge in [0.1, 0.15) is 0 Å². The number of fused-ring (bicyclic) bond motifs is 3. The van der Waals surface area contributed by atoms with Crippen LogP contribution in [-0.2, 0) is 0 Å². The van der Waals surface area contributed by atoms with Crippen LogP contribution in [0.5, 0.6) is 0 Å². The van der Waals surface area contributed by atoms with E-state index in [1.807, 2.05) is 24.3 Å². The molecule has 3 rings (SSSR count). The first kappa shape index (κ1) is 16.1. The number of nitrogens with zero attached hydrogens (tertiary/aromatic N) is 5. The number of benzene rings is 1. The summed E-state index contributed by atoms with van der Waals surface area (Å²) >= 11 is 6.13. The second kappa shape index (κ2) is 6.67. The number of hydrogen-bond acceptors (Lipinski definition) is 4. The molecule has 0 aliphatic rings. The first-order valence-electron chi connectivity index (χ1n) is 5.76. The summed E-state index contributed by atoms with van der Waals surface area (Å²) in [5.41, 5.74) is 0.286. The summed E-state index contributed by atoms with van der Waals surface area (Å²) in [7, 11) is 0. The van der Waals surface area contributed by atoms with Crippen molar-refractivity contribution in [2.24, 2.45) is 0 Å². The zero-order valence-electron chi connectivity index (χ0n) is 10.7. The van der Waals surface area contributed by atoms with E-state index in [0.29, 0.717) is 5.65 Å². The molecule has 0 bridgehead atoms. The van der Waals surface area contributed by atoms with Gasteiger partial charge in [0, 0.05) is 10.8 Å². The molecule has 1 aromatic carbocycles. The first-order valence-corrected chi connectivity index (χ1v) is 6.13. The predicted molar refractivity (Wildman–Crippen MR) is 75.7 cm³/mol. The molecule has 0 saturated carbocycles. The van der Waals surface area contributed by atoms with E-state index in [2.05, 4.69) is 21.4 Å². The van der Waals surface area contributed by atoms with Gasteiger partial charge in [0.2, 0.25) is 0 Å². The van der Waals surface area contributed by atoms with E-state index in [1.165, 1.54) is 10.6 Å². The third kappa shape index (κ3) is 2.88. The Kier molecular flexibility index (Phi) is 5.12. The summed E-state index contributed by atoms with van der Waals surface area (Å²) in [6, 6.07) is 7.40. The van der Waals surface area contributed by atoms with Crippen molar-refractivity contribution >= 4 is 33.7 Å². The molecule has 102 valence electrons. The molecule has 21 heavy (non-hydrogen) atoms. The van der Waals surface area contributed by atoms with E-state index < -0.39 is 0 Å². The molecule has 2 aromatic heterocycles. The van der Waals surface area contributed by atoms with Crippen molar-refractivity contribution in [3.63, 3.8) is 0 Å². The number of halogens is 1. The Morgan fingerprint density at radius 2 is 2.05 bits per heavy atom. The summed E-state index contributed by atoms with van der Waals surface area (Å²) in [6.45, 7) is -0.308. The average Bonchev–Trinajstić information content (AvgIpc) is 2.89. The van der Waals surface area contributed by atoms with Gasteiger partial charge in [-0.3, -0.25) is 11.8 Å². The molecule has 0 atom stereocenters. The van der Waals surface area contributed by atoms with Crippen LogP contribution < -0.4 is 0 Å². The SMILES string of the molecule is [N-]=C(C=[C-]CO)c1nnc2c3ccccc3c(Cl)nn12.[U+2]. The third-order valence-corrected chi connectivity index (χ3v) is 3.06. The monoisotopic (exact) mass is 523 g/mol. The number of hydrogen-bond donors (Lipinski definition) is 1. The van der Waals surface area contributed by atoms with Gasteiger partial charge in [-0.25, -0.2) is 10.6 Å². The molecular weight excluding hydrogens is 516 g/mol. The van der Waals surface area contributed by atoms with Crippen molar-refractivity contribution in [1.29, 1.82) is 0 Å². The Labute approximate surface area is 148 Å². The molecule has 0 fully saturated rings. The quantitative estimate of drug-likeness (QED) is 0.418. The molecular formula is C13H8ClN5OU. The minimum absolute atomic E-state index is 0. The number of allylic oxidation sites excluding steroid dienone is 1. The summed E-state index contributed by atoms with van der Waals surface area (Å²) in [4.78, 5) is 0. The van der Waals surface area contributed by atoms with Gasteiger partial charge in [-0.2, -0.15) is 10.2 Å². The minimum atomic E-state index is -0.308. The zero-order chi connectivity index (χ0) is 14.1. The Morgan fingerprint density at radius 1 is 1.33 bits per heavy atom. The van der Waals surface area contributed by atoms with Crippen LogP contribution in [0.1, 0.15) is 5.82 Å². The van der Waals surface area contributed by atoms with Gasteiger partial charge in [0.15, 0.2) is 10.8 Å². The smallest absolute Gasteiger partial charge is 0.902 e. The van der Waals surface area contributed by atoms with E-state index in [9.17, 15) is 5.41 Å². The van der Waals surface area contributed by atoms with E-state index in [1.54, 1.807) is 0 Å². The molecule has 0 unspecified atom stereocenters. The number of aromatic nitrogens is 4. The molecule has 1 N–H and O–H groups in total. The summed E-state index contributed by atoms with van der Waals surface area (Å²) in [6.07, 6.45) is 3.66. The molecule has 0 saturated heterocycles. The molecule has 0 aliphatic carbocycles. The van der Waals surface area contributed by atoms with Crippen LogP contribution in [0.15, 0.2) is 30.3 Å². The fraction of sp³-hybridized carbons (Fsp3) is 0.0769. The molecule has 8 heteroatoms. The van der Waals surface area contributed by atoms with Crippen LogP contribution in [0.3, 0.4) is 0 Å². The van der Waals surface area contributed by atoms with Crippen molar-refractivity contribution in [1.82, 2.24) is 19.8 Å². The van der Waals surface area contributed by atoms with Gasteiger partial charge in [-0.1, -0.05) is 35.9 Å². The van der Waals surface area contributed by atoms with Crippen LogP contribution in [0.25, 0.3) is 21.8 Å².